The molecule has 3 aromatic rings. The third-order valence-corrected chi connectivity index (χ3v) is 9.61. The van der Waals surface area contributed by atoms with Crippen molar-refractivity contribution in [1.82, 2.24) is 0 Å². The van der Waals surface area contributed by atoms with Gasteiger partial charge in [-0.15, -0.1) is 0 Å². The molecule has 13 N–H and O–H groups in total. The van der Waals surface area contributed by atoms with Gasteiger partial charge in [0.05, 0.1) is 5.56 Å². The van der Waals surface area contributed by atoms with E-state index in [4.69, 9.17) is 38.3 Å². The fourth-order valence-electron chi connectivity index (χ4n) is 6.37. The predicted octanol–water partition coefficient (Wildman–Crippen LogP) is -1.32. The highest BCUT2D eigenvalue weighted by molar-refractivity contribution is 5.90. The number of aromatic hydroxyl groups is 6. The van der Waals surface area contributed by atoms with Crippen LogP contribution < -0.4 is 9.47 Å². The van der Waals surface area contributed by atoms with Gasteiger partial charge in [0.1, 0.15) is 91.5 Å². The van der Waals surface area contributed by atoms with Crippen LogP contribution in [0.15, 0.2) is 54.3 Å². The molecule has 3 heterocycles. The van der Waals surface area contributed by atoms with Crippen molar-refractivity contribution < 1.29 is 114 Å². The second-order valence-corrected chi connectivity index (χ2v) is 14.0. The molecule has 3 aliphatic heterocycles. The lowest BCUT2D eigenvalue weighted by atomic mass is 9.98. The van der Waals surface area contributed by atoms with Crippen molar-refractivity contribution in [2.75, 3.05) is 13.2 Å². The van der Waals surface area contributed by atoms with Gasteiger partial charge in [-0.25, -0.2) is 4.79 Å². The van der Waals surface area contributed by atoms with Gasteiger partial charge in [0.2, 0.25) is 12.6 Å². The van der Waals surface area contributed by atoms with Crippen LogP contribution in [0, 0.1) is 0 Å². The average Bonchev–Trinajstić information content (AvgIpc) is 3.22. The Kier molecular flexibility index (Phi) is 13.5. The number of benzene rings is 3. The summed E-state index contributed by atoms with van der Waals surface area (Å²) in [7, 11) is 0. The summed E-state index contributed by atoms with van der Waals surface area (Å²) in [5, 5.41) is 134. The zero-order chi connectivity index (χ0) is 45.2. The van der Waals surface area contributed by atoms with E-state index in [1.165, 1.54) is 18.2 Å². The molecule has 3 aliphatic rings. The highest BCUT2D eigenvalue weighted by Crippen LogP contribution is 2.48. The molecule has 3 aromatic carbocycles. The molecular weight excluding hydrogens is 836 g/mol. The molecule has 0 aliphatic carbocycles. The van der Waals surface area contributed by atoms with E-state index in [0.717, 1.165) is 42.5 Å². The molecule has 334 valence electrons. The zero-order valence-corrected chi connectivity index (χ0v) is 31.6. The van der Waals surface area contributed by atoms with E-state index in [-0.39, 0.29) is 28.4 Å². The molecule has 23 heteroatoms. The quantitative estimate of drug-likeness (QED) is 0.0410. The van der Waals surface area contributed by atoms with Crippen molar-refractivity contribution in [1.29, 1.82) is 0 Å². The van der Waals surface area contributed by atoms with Crippen LogP contribution in [0.3, 0.4) is 0 Å². The van der Waals surface area contributed by atoms with Gasteiger partial charge in [0.15, 0.2) is 34.9 Å². The Morgan fingerprint density at radius 1 is 0.661 bits per heavy atom. The van der Waals surface area contributed by atoms with Gasteiger partial charge >= 0.3 is 17.9 Å². The highest BCUT2D eigenvalue weighted by Gasteiger charge is 2.48. The van der Waals surface area contributed by atoms with Crippen molar-refractivity contribution in [2.24, 2.45) is 0 Å². The third-order valence-electron chi connectivity index (χ3n) is 9.61. The van der Waals surface area contributed by atoms with Crippen molar-refractivity contribution in [2.45, 2.75) is 73.9 Å². The minimum Gasteiger partial charge on any atom is -0.508 e. The molecule has 0 bridgehead atoms. The monoisotopic (exact) mass is 876 g/mol. The number of carbonyl (C=O) groups excluding carboxylic acids is 2. The molecule has 0 amide bonds. The number of carboxylic acids is 1. The van der Waals surface area contributed by atoms with E-state index in [9.17, 15) is 75.7 Å². The molecule has 11 unspecified atom stereocenters. The van der Waals surface area contributed by atoms with Crippen LogP contribution in [0.1, 0.15) is 29.2 Å². The minimum absolute atomic E-state index is 0.131. The molecule has 2 saturated heterocycles. The third kappa shape index (κ3) is 9.96. The van der Waals surface area contributed by atoms with Gasteiger partial charge in [-0.05, 0) is 42.0 Å². The summed E-state index contributed by atoms with van der Waals surface area (Å²) < 4.78 is 39.1. The van der Waals surface area contributed by atoms with Crippen molar-refractivity contribution >= 4 is 30.1 Å². The first-order valence-electron chi connectivity index (χ1n) is 18.3. The first-order chi connectivity index (χ1) is 29.3. The maximum Gasteiger partial charge on any atom is 0.330 e. The Bertz CT molecular complexity index is 2200. The van der Waals surface area contributed by atoms with Crippen molar-refractivity contribution in [3.8, 4) is 46.0 Å². The second-order valence-electron chi connectivity index (χ2n) is 14.0. The Balaban J connectivity index is 1.28. The number of phenolic OH excluding ortho intramolecular Hbond substituents is 6. The number of hydrogen-bond acceptors (Lipinski definition) is 22. The van der Waals surface area contributed by atoms with Crippen molar-refractivity contribution in [3.05, 3.63) is 71.0 Å². The van der Waals surface area contributed by atoms with Crippen LogP contribution in [-0.2, 0) is 38.1 Å². The van der Waals surface area contributed by atoms with E-state index in [1.54, 1.807) is 0 Å². The zero-order valence-electron chi connectivity index (χ0n) is 31.6. The lowest BCUT2D eigenvalue weighted by Gasteiger charge is -2.41. The SMILES string of the molecule is O=C(O)CC(=O)OCC1OC(Oc2cc(O)cc3c2C=C(OC2OC(COC(=O)C=Cc4ccc(O)c(O)c4)C(O)C(O)C2O)C(c2cc(O)c(O)c(O)c2)O3)C(O)C(O)C1O. The summed E-state index contributed by atoms with van der Waals surface area (Å²) in [6.45, 7) is -1.52. The lowest BCUT2D eigenvalue weighted by Crippen LogP contribution is -2.60. The van der Waals surface area contributed by atoms with Gasteiger partial charge in [0, 0.05) is 23.8 Å². The van der Waals surface area contributed by atoms with Crippen LogP contribution in [0.2, 0.25) is 0 Å². The standard InChI is InChI=1S/C39H40O23/c40-16-8-22-17(23(9-16)59-38-35(54)33(52)32(51)26(61-38)13-57-29(48)11-27(45)46)10-24(37(58-22)15-6-20(43)30(49)21(44)7-15)60-39-36(55)34(53)31(50)25(62-39)12-56-28(47)4-2-14-1-3-18(41)19(42)5-14/h1-10,25-26,31-44,49-55H,11-13H2,(H,45,46). The number of esters is 2. The Labute approximate surface area is 347 Å². The van der Waals surface area contributed by atoms with Gasteiger partial charge < -0.3 is 99.5 Å². The van der Waals surface area contributed by atoms with Crippen LogP contribution >= 0.6 is 0 Å². The van der Waals surface area contributed by atoms with E-state index >= 15 is 0 Å². The smallest absolute Gasteiger partial charge is 0.330 e. The summed E-state index contributed by atoms with van der Waals surface area (Å²) in [5.74, 6) is -8.64. The second kappa shape index (κ2) is 18.6. The molecular formula is C39H40O23. The lowest BCUT2D eigenvalue weighted by molar-refractivity contribution is -0.294. The maximum atomic E-state index is 12.5. The maximum absolute atomic E-state index is 12.5. The average molecular weight is 877 g/mol. The van der Waals surface area contributed by atoms with E-state index < -0.39 is 140 Å². The molecule has 23 nitrogen and oxygen atoms in total. The number of aliphatic hydroxyl groups is 6. The number of aliphatic carboxylic acids is 1. The Hall–Kier alpha value is -6.57. The molecule has 6 rings (SSSR count). The molecule has 0 aromatic heterocycles. The van der Waals surface area contributed by atoms with Crippen LogP contribution in [0.5, 0.6) is 46.0 Å². The van der Waals surface area contributed by atoms with Gasteiger partial charge in [-0.2, -0.15) is 0 Å². The molecule has 62 heavy (non-hydrogen) atoms. The summed E-state index contributed by atoms with van der Waals surface area (Å²) >= 11 is 0. The number of phenols is 6. The van der Waals surface area contributed by atoms with Gasteiger partial charge in [0.25, 0.3) is 0 Å². The normalized spacial score (nSPS) is 28.2. The van der Waals surface area contributed by atoms with E-state index in [1.807, 2.05) is 0 Å². The fourth-order valence-corrected chi connectivity index (χ4v) is 6.37. The van der Waals surface area contributed by atoms with Crippen LogP contribution in [0.25, 0.3) is 12.2 Å². The summed E-state index contributed by atoms with van der Waals surface area (Å²) in [6.07, 6.45) is -18.0. The molecule has 0 saturated carbocycles. The van der Waals surface area contributed by atoms with Crippen molar-refractivity contribution in [3.63, 3.8) is 0 Å². The number of ether oxygens (including phenoxy) is 7. The Morgan fingerprint density at radius 3 is 1.85 bits per heavy atom. The number of carbonyl (C=O) groups is 3. The van der Waals surface area contributed by atoms with Gasteiger partial charge in [-0.3, -0.25) is 9.59 Å². The number of hydrogen-bond donors (Lipinski definition) is 13. The summed E-state index contributed by atoms with van der Waals surface area (Å²) in [6, 6.07) is 7.69. The molecule has 0 spiro atoms. The topological polar surface area (TPSA) is 379 Å². The highest BCUT2D eigenvalue weighted by atomic mass is 16.7. The number of aliphatic hydroxyl groups excluding tert-OH is 6. The predicted molar refractivity (Wildman–Crippen MR) is 199 cm³/mol. The summed E-state index contributed by atoms with van der Waals surface area (Å²) in [4.78, 5) is 35.2. The molecule has 0 radical (unpaired) electrons. The Morgan fingerprint density at radius 2 is 1.26 bits per heavy atom. The minimum atomic E-state index is -2.03. The molecule has 11 atom stereocenters. The summed E-state index contributed by atoms with van der Waals surface area (Å²) in [5.41, 5.74) is 0.0397. The number of rotatable bonds is 13. The van der Waals surface area contributed by atoms with Gasteiger partial charge in [-0.1, -0.05) is 6.07 Å². The van der Waals surface area contributed by atoms with E-state index in [2.05, 4.69) is 0 Å². The van der Waals surface area contributed by atoms with Crippen LogP contribution in [-0.4, -0.2) is 159 Å². The number of carboxylic acid groups (broad SMARTS) is 1. The van der Waals surface area contributed by atoms with E-state index in [0.29, 0.717) is 5.56 Å². The van der Waals surface area contributed by atoms with Crippen LogP contribution in [0.4, 0.5) is 0 Å². The first kappa shape index (κ1) is 45.0. The number of fused-ring (bicyclic) bond motifs is 1. The first-order valence-corrected chi connectivity index (χ1v) is 18.3. The molecule has 2 fully saturated rings. The largest absolute Gasteiger partial charge is 0.508 e. The fraction of sp³-hybridized carbons (Fsp3) is 0.359.